The molecule has 0 aliphatic rings. The van der Waals surface area contributed by atoms with Crippen LogP contribution in [0.5, 0.6) is 0 Å². The van der Waals surface area contributed by atoms with Gasteiger partial charge in [0, 0.05) is 20.2 Å². The Labute approximate surface area is 173 Å². The highest BCUT2D eigenvalue weighted by molar-refractivity contribution is 7.24. The van der Waals surface area contributed by atoms with Crippen molar-refractivity contribution in [3.8, 4) is 0 Å². The normalized spacial score (nSPS) is 11.6. The Kier molecular flexibility index (Phi) is 6.33. The molecule has 6 heteroatoms. The molecule has 2 aromatic carbocycles. The first kappa shape index (κ1) is 21.0. The second-order valence-corrected chi connectivity index (χ2v) is 8.57. The molecule has 0 bridgehead atoms. The van der Waals surface area contributed by atoms with Crippen LogP contribution in [0.15, 0.2) is 47.3 Å². The monoisotopic (exact) mass is 412 g/mol. The van der Waals surface area contributed by atoms with Gasteiger partial charge in [0.05, 0.1) is 12.2 Å². The molecule has 0 spiro atoms. The van der Waals surface area contributed by atoms with E-state index in [0.717, 1.165) is 9.40 Å². The van der Waals surface area contributed by atoms with E-state index in [0.29, 0.717) is 16.3 Å². The van der Waals surface area contributed by atoms with E-state index in [1.807, 2.05) is 36.4 Å². The van der Waals surface area contributed by atoms with E-state index in [4.69, 9.17) is 9.47 Å². The molecule has 0 saturated carbocycles. The predicted molar refractivity (Wildman–Crippen MR) is 115 cm³/mol. The summed E-state index contributed by atoms with van der Waals surface area (Å²) in [7, 11) is 0. The second kappa shape index (κ2) is 8.74. The van der Waals surface area contributed by atoms with Crippen LogP contribution in [0.1, 0.15) is 33.3 Å². The van der Waals surface area contributed by atoms with Crippen molar-refractivity contribution in [1.82, 2.24) is 0 Å². The van der Waals surface area contributed by atoms with Crippen LogP contribution in [-0.4, -0.2) is 24.1 Å². The summed E-state index contributed by atoms with van der Waals surface area (Å²) in [5.74, 6) is -2.31. The van der Waals surface area contributed by atoms with Crippen LogP contribution in [-0.2, 0) is 25.5 Å². The van der Waals surface area contributed by atoms with Crippen LogP contribution in [0.3, 0.4) is 0 Å². The van der Waals surface area contributed by atoms with Crippen LogP contribution >= 0.6 is 11.3 Å². The summed E-state index contributed by atoms with van der Waals surface area (Å²) in [5, 5.41) is 1.25. The molecule has 1 heterocycles. The summed E-state index contributed by atoms with van der Waals surface area (Å²) in [6.07, 6.45) is -0.561. The quantitative estimate of drug-likeness (QED) is 0.339. The zero-order valence-electron chi connectivity index (χ0n) is 16.9. The van der Waals surface area contributed by atoms with Gasteiger partial charge in [0.15, 0.2) is 11.3 Å². The molecule has 3 rings (SSSR count). The zero-order valence-corrected chi connectivity index (χ0v) is 17.7. The molecule has 3 aromatic rings. The van der Waals surface area contributed by atoms with Gasteiger partial charge in [-0.15, -0.1) is 11.3 Å². The molecule has 1 aromatic heterocycles. The van der Waals surface area contributed by atoms with Crippen LogP contribution in [0, 0.1) is 5.92 Å². The molecule has 0 aliphatic carbocycles. The molecule has 5 nitrogen and oxygen atoms in total. The molecule has 152 valence electrons. The Balaban J connectivity index is 1.99. The van der Waals surface area contributed by atoms with Crippen LogP contribution < -0.4 is 5.43 Å². The van der Waals surface area contributed by atoms with Crippen LogP contribution in [0.25, 0.3) is 20.2 Å². The molecule has 0 N–H and O–H groups in total. The SMILES string of the molecule is CC(C)OC(=O)C(Cc1ccc2sc3ccccc3c(=O)c2c1)C(=O)OC(C)C. The lowest BCUT2D eigenvalue weighted by Gasteiger charge is -2.18. The molecule has 0 aliphatic heterocycles. The van der Waals surface area contributed by atoms with Crippen LogP contribution in [0.2, 0.25) is 0 Å². The molecule has 0 atom stereocenters. The maximum atomic E-state index is 12.9. The summed E-state index contributed by atoms with van der Waals surface area (Å²) in [6.45, 7) is 6.92. The molecule has 29 heavy (non-hydrogen) atoms. The smallest absolute Gasteiger partial charge is 0.320 e. The van der Waals surface area contributed by atoms with Crippen molar-refractivity contribution in [1.29, 1.82) is 0 Å². The fourth-order valence-electron chi connectivity index (χ4n) is 3.10. The van der Waals surface area contributed by atoms with Gasteiger partial charge in [-0.05, 0) is 63.9 Å². The van der Waals surface area contributed by atoms with Crippen molar-refractivity contribution >= 4 is 43.4 Å². The molecular formula is C23H24O5S. The lowest BCUT2D eigenvalue weighted by atomic mass is 9.98. The van der Waals surface area contributed by atoms with E-state index >= 15 is 0 Å². The summed E-state index contributed by atoms with van der Waals surface area (Å²) >= 11 is 1.54. The number of ether oxygens (including phenoxy) is 2. The van der Waals surface area contributed by atoms with E-state index < -0.39 is 17.9 Å². The highest BCUT2D eigenvalue weighted by atomic mass is 32.1. The molecule has 0 fully saturated rings. The third-order valence-corrected chi connectivity index (χ3v) is 5.50. The van der Waals surface area contributed by atoms with Crippen molar-refractivity contribution in [2.24, 2.45) is 5.92 Å². The largest absolute Gasteiger partial charge is 0.462 e. The molecule has 0 unspecified atom stereocenters. The van der Waals surface area contributed by atoms with Gasteiger partial charge in [0.25, 0.3) is 0 Å². The maximum Gasteiger partial charge on any atom is 0.320 e. The van der Waals surface area contributed by atoms with E-state index in [1.54, 1.807) is 33.8 Å². The fourth-order valence-corrected chi connectivity index (χ4v) is 4.16. The summed E-state index contributed by atoms with van der Waals surface area (Å²) in [6, 6.07) is 12.9. The minimum atomic E-state index is -1.07. The first-order chi connectivity index (χ1) is 13.8. The van der Waals surface area contributed by atoms with Crippen molar-refractivity contribution in [2.45, 2.75) is 46.3 Å². The van der Waals surface area contributed by atoms with Gasteiger partial charge in [0.2, 0.25) is 0 Å². The van der Waals surface area contributed by atoms with Crippen molar-refractivity contribution in [3.05, 3.63) is 58.3 Å². The third-order valence-electron chi connectivity index (χ3n) is 4.35. The van der Waals surface area contributed by atoms with Crippen molar-refractivity contribution in [3.63, 3.8) is 0 Å². The van der Waals surface area contributed by atoms with Crippen molar-refractivity contribution < 1.29 is 19.1 Å². The number of carbonyl (C=O) groups excluding carboxylic acids is 2. The van der Waals surface area contributed by atoms with Gasteiger partial charge < -0.3 is 9.47 Å². The average molecular weight is 413 g/mol. The van der Waals surface area contributed by atoms with Gasteiger partial charge in [-0.1, -0.05) is 18.2 Å². The predicted octanol–water partition coefficient (Wildman–Crippen LogP) is 4.48. The van der Waals surface area contributed by atoms with E-state index in [2.05, 4.69) is 0 Å². The molecule has 0 radical (unpaired) electrons. The number of hydrogen-bond donors (Lipinski definition) is 0. The van der Waals surface area contributed by atoms with Gasteiger partial charge in [0.1, 0.15) is 0 Å². The lowest BCUT2D eigenvalue weighted by Crippen LogP contribution is -2.32. The topological polar surface area (TPSA) is 69.7 Å². The van der Waals surface area contributed by atoms with Gasteiger partial charge in [-0.2, -0.15) is 0 Å². The first-order valence-corrected chi connectivity index (χ1v) is 10.4. The molecular weight excluding hydrogens is 388 g/mol. The Morgan fingerprint density at radius 3 is 2.07 bits per heavy atom. The zero-order chi connectivity index (χ0) is 21.1. The Morgan fingerprint density at radius 2 is 1.45 bits per heavy atom. The number of rotatable bonds is 6. The van der Waals surface area contributed by atoms with E-state index in [9.17, 15) is 14.4 Å². The van der Waals surface area contributed by atoms with Gasteiger partial charge in [-0.3, -0.25) is 14.4 Å². The minimum Gasteiger partial charge on any atom is -0.462 e. The molecule has 0 amide bonds. The number of esters is 2. The maximum absolute atomic E-state index is 12.9. The Bertz CT molecular complexity index is 1090. The Morgan fingerprint density at radius 1 is 0.862 bits per heavy atom. The second-order valence-electron chi connectivity index (χ2n) is 7.49. The number of hydrogen-bond acceptors (Lipinski definition) is 6. The van der Waals surface area contributed by atoms with Gasteiger partial charge >= 0.3 is 11.9 Å². The fraction of sp³-hybridized carbons (Fsp3) is 0.348. The van der Waals surface area contributed by atoms with E-state index in [-0.39, 0.29) is 24.1 Å². The Hall–Kier alpha value is -2.73. The average Bonchev–Trinajstić information content (AvgIpc) is 2.65. The summed E-state index contributed by atoms with van der Waals surface area (Å²) in [5.41, 5.74) is 0.658. The highest BCUT2D eigenvalue weighted by Gasteiger charge is 2.31. The highest BCUT2D eigenvalue weighted by Crippen LogP contribution is 2.26. The summed E-state index contributed by atoms with van der Waals surface area (Å²) < 4.78 is 12.3. The third kappa shape index (κ3) is 4.82. The minimum absolute atomic E-state index is 0.0535. The molecule has 0 saturated heterocycles. The van der Waals surface area contributed by atoms with Crippen molar-refractivity contribution in [2.75, 3.05) is 0 Å². The number of benzene rings is 2. The lowest BCUT2D eigenvalue weighted by molar-refractivity contribution is -0.166. The first-order valence-electron chi connectivity index (χ1n) is 9.61. The standard InChI is InChI=1S/C23H24O5S/c1-13(2)27-22(25)18(23(26)28-14(3)4)12-15-9-10-20-17(11-15)21(24)16-7-5-6-8-19(16)29-20/h5-11,13-14,18H,12H2,1-4H3. The number of carbonyl (C=O) groups is 2. The van der Waals surface area contributed by atoms with Gasteiger partial charge in [-0.25, -0.2) is 0 Å². The number of fused-ring (bicyclic) bond motifs is 2. The van der Waals surface area contributed by atoms with E-state index in [1.165, 1.54) is 11.3 Å². The summed E-state index contributed by atoms with van der Waals surface area (Å²) in [4.78, 5) is 37.9. The van der Waals surface area contributed by atoms with Crippen LogP contribution in [0.4, 0.5) is 0 Å².